The van der Waals surface area contributed by atoms with Crippen molar-refractivity contribution < 1.29 is 23.8 Å². The summed E-state index contributed by atoms with van der Waals surface area (Å²) >= 11 is 0. The smallest absolute Gasteiger partial charge is 0.228 e. The van der Waals surface area contributed by atoms with Gasteiger partial charge in [-0.05, 0) is 24.3 Å². The maximum absolute atomic E-state index is 12.7. The number of aliphatic hydroxyl groups excluding tert-OH is 1. The zero-order valence-electron chi connectivity index (χ0n) is 15.9. The Morgan fingerprint density at radius 2 is 1.87 bits per heavy atom. The number of carbonyl (C=O) groups excluding carboxylic acids is 1. The van der Waals surface area contributed by atoms with Gasteiger partial charge in [0.15, 0.2) is 11.6 Å². The lowest BCUT2D eigenvalue weighted by molar-refractivity contribution is 0.101. The Balaban J connectivity index is 1.59. The van der Waals surface area contributed by atoms with Crippen LogP contribution in [0.1, 0.15) is 16.1 Å². The molecule has 2 aromatic heterocycles. The maximum Gasteiger partial charge on any atom is 0.228 e. The summed E-state index contributed by atoms with van der Waals surface area (Å²) in [5.74, 6) is 1.000. The Labute approximate surface area is 171 Å². The molecule has 150 valence electrons. The van der Waals surface area contributed by atoms with Gasteiger partial charge in [0, 0.05) is 23.3 Å². The molecule has 0 fully saturated rings. The lowest BCUT2D eigenvalue weighted by Crippen LogP contribution is -1.99. The first-order valence-electron chi connectivity index (χ1n) is 8.95. The van der Waals surface area contributed by atoms with Gasteiger partial charge in [0.2, 0.25) is 11.5 Å². The fourth-order valence-electron chi connectivity index (χ4n) is 2.84. The van der Waals surface area contributed by atoms with E-state index in [4.69, 9.17) is 13.9 Å². The molecule has 8 nitrogen and oxygen atoms in total. The quantitative estimate of drug-likeness (QED) is 0.262. The van der Waals surface area contributed by atoms with Crippen LogP contribution in [-0.4, -0.2) is 33.2 Å². The van der Waals surface area contributed by atoms with Crippen LogP contribution in [0.15, 0.2) is 77.7 Å². The molecule has 8 heteroatoms. The summed E-state index contributed by atoms with van der Waals surface area (Å²) in [6, 6.07) is 15.4. The van der Waals surface area contributed by atoms with Gasteiger partial charge in [0.25, 0.3) is 0 Å². The summed E-state index contributed by atoms with van der Waals surface area (Å²) in [5, 5.41) is 17.2. The van der Waals surface area contributed by atoms with Crippen LogP contribution < -0.4 is 9.47 Å². The van der Waals surface area contributed by atoms with E-state index in [1.807, 2.05) is 0 Å². The van der Waals surface area contributed by atoms with E-state index in [1.165, 1.54) is 18.7 Å². The minimum atomic E-state index is -0.550. The Kier molecular flexibility index (Phi) is 5.29. The lowest BCUT2D eigenvalue weighted by atomic mass is 10.0. The predicted octanol–water partition coefficient (Wildman–Crippen LogP) is 4.65. The molecule has 0 spiro atoms. The summed E-state index contributed by atoms with van der Waals surface area (Å²) in [7, 11) is 1.57. The third-order valence-electron chi connectivity index (χ3n) is 4.27. The average molecular weight is 403 g/mol. The summed E-state index contributed by atoms with van der Waals surface area (Å²) < 4.78 is 16.1. The van der Waals surface area contributed by atoms with Crippen LogP contribution in [0.2, 0.25) is 0 Å². The first-order valence-corrected chi connectivity index (χ1v) is 8.95. The van der Waals surface area contributed by atoms with E-state index in [-0.39, 0.29) is 17.3 Å². The van der Waals surface area contributed by atoms with Gasteiger partial charge in [-0.2, -0.15) is 5.10 Å². The molecule has 0 unspecified atom stereocenters. The van der Waals surface area contributed by atoms with Crippen LogP contribution in [0.5, 0.6) is 17.2 Å². The second-order valence-electron chi connectivity index (χ2n) is 6.15. The number of aliphatic hydroxyl groups is 1. The Bertz CT molecular complexity index is 1180. The molecule has 0 saturated heterocycles. The summed E-state index contributed by atoms with van der Waals surface area (Å²) in [6.45, 7) is 0. The van der Waals surface area contributed by atoms with E-state index in [2.05, 4.69) is 15.2 Å². The fraction of sp³-hybridized carbons (Fsp3) is 0.0455. The molecule has 4 aromatic rings. The molecule has 0 aliphatic carbocycles. The molecule has 0 aliphatic rings. The third kappa shape index (κ3) is 3.93. The Morgan fingerprint density at radius 1 is 1.10 bits per heavy atom. The standard InChI is InChI=1S/C22H17N3O5/c1-28-14-6-8-15(9-7-14)30-20-10-11-29-21(20)19(27)12-18(26)16-4-2-3-5-17(16)22-23-13-24-25-22/h2-13,26H,1H3,(H,23,24,25). The molecule has 2 N–H and O–H groups in total. The van der Waals surface area contributed by atoms with E-state index in [9.17, 15) is 9.90 Å². The second-order valence-corrected chi connectivity index (χ2v) is 6.15. The van der Waals surface area contributed by atoms with Crippen molar-refractivity contribution in [3.05, 3.63) is 84.6 Å². The van der Waals surface area contributed by atoms with E-state index in [0.717, 1.165) is 6.08 Å². The molecule has 0 amide bonds. The van der Waals surface area contributed by atoms with Crippen molar-refractivity contribution in [2.75, 3.05) is 7.11 Å². The number of carbonyl (C=O) groups is 1. The van der Waals surface area contributed by atoms with Crippen molar-refractivity contribution in [1.29, 1.82) is 0 Å². The first-order chi connectivity index (χ1) is 14.7. The molecular formula is C22H17N3O5. The van der Waals surface area contributed by atoms with Crippen molar-refractivity contribution in [3.63, 3.8) is 0 Å². The topological polar surface area (TPSA) is 110 Å². The number of allylic oxidation sites excluding steroid dienone is 1. The number of rotatable bonds is 7. The number of methoxy groups -OCH3 is 1. The average Bonchev–Trinajstić information content (AvgIpc) is 3.46. The van der Waals surface area contributed by atoms with Gasteiger partial charge in [-0.15, -0.1) is 0 Å². The molecule has 4 rings (SSSR count). The fourth-order valence-corrected chi connectivity index (χ4v) is 2.84. The Morgan fingerprint density at radius 3 is 2.60 bits per heavy atom. The minimum Gasteiger partial charge on any atom is -0.507 e. The zero-order valence-corrected chi connectivity index (χ0v) is 15.9. The SMILES string of the molecule is COc1ccc(Oc2ccoc2C(=O)C=C(O)c2ccccc2-c2nc[nH]n2)cc1. The van der Waals surface area contributed by atoms with Gasteiger partial charge < -0.3 is 19.0 Å². The minimum absolute atomic E-state index is 0.0345. The van der Waals surface area contributed by atoms with Gasteiger partial charge in [-0.1, -0.05) is 24.3 Å². The van der Waals surface area contributed by atoms with E-state index >= 15 is 0 Å². The number of nitrogens with one attached hydrogen (secondary N) is 1. The van der Waals surface area contributed by atoms with Crippen LogP contribution in [0, 0.1) is 0 Å². The summed E-state index contributed by atoms with van der Waals surface area (Å²) in [6.07, 6.45) is 3.85. The van der Waals surface area contributed by atoms with Gasteiger partial charge in [-0.3, -0.25) is 9.89 Å². The van der Waals surface area contributed by atoms with Crippen LogP contribution in [-0.2, 0) is 0 Å². The molecule has 2 heterocycles. The van der Waals surface area contributed by atoms with E-state index in [0.29, 0.717) is 28.5 Å². The number of furan rings is 1. The van der Waals surface area contributed by atoms with E-state index in [1.54, 1.807) is 55.6 Å². The first kappa shape index (κ1) is 19.0. The van der Waals surface area contributed by atoms with Gasteiger partial charge in [-0.25, -0.2) is 4.98 Å². The summed E-state index contributed by atoms with van der Waals surface area (Å²) in [5.41, 5.74) is 0.990. The molecular weight excluding hydrogens is 386 g/mol. The predicted molar refractivity (Wildman–Crippen MR) is 109 cm³/mol. The van der Waals surface area contributed by atoms with E-state index < -0.39 is 5.78 Å². The van der Waals surface area contributed by atoms with Crippen molar-refractivity contribution in [2.45, 2.75) is 0 Å². The third-order valence-corrected chi connectivity index (χ3v) is 4.27. The number of ketones is 1. The van der Waals surface area contributed by atoms with Gasteiger partial charge in [0.05, 0.1) is 13.4 Å². The normalized spacial score (nSPS) is 11.3. The van der Waals surface area contributed by atoms with Crippen molar-refractivity contribution in [2.24, 2.45) is 0 Å². The van der Waals surface area contributed by atoms with Crippen LogP contribution >= 0.6 is 0 Å². The number of aromatic nitrogens is 3. The summed E-state index contributed by atoms with van der Waals surface area (Å²) in [4.78, 5) is 16.8. The highest BCUT2D eigenvalue weighted by atomic mass is 16.5. The van der Waals surface area contributed by atoms with Crippen molar-refractivity contribution in [1.82, 2.24) is 15.2 Å². The molecule has 0 saturated carbocycles. The highest BCUT2D eigenvalue weighted by molar-refractivity contribution is 6.08. The van der Waals surface area contributed by atoms with Crippen molar-refractivity contribution >= 4 is 11.5 Å². The number of hydrogen-bond donors (Lipinski definition) is 2. The maximum atomic E-state index is 12.7. The molecule has 0 aliphatic heterocycles. The number of H-pyrrole nitrogens is 1. The number of benzene rings is 2. The van der Waals surface area contributed by atoms with Gasteiger partial charge >= 0.3 is 0 Å². The monoisotopic (exact) mass is 403 g/mol. The second kappa shape index (κ2) is 8.36. The molecule has 0 bridgehead atoms. The largest absolute Gasteiger partial charge is 0.507 e. The number of hydrogen-bond acceptors (Lipinski definition) is 7. The van der Waals surface area contributed by atoms with Gasteiger partial charge in [0.1, 0.15) is 23.6 Å². The molecule has 2 aromatic carbocycles. The van der Waals surface area contributed by atoms with Crippen LogP contribution in [0.25, 0.3) is 17.1 Å². The number of nitrogens with zero attached hydrogens (tertiary/aromatic N) is 2. The highest BCUT2D eigenvalue weighted by Gasteiger charge is 2.18. The highest BCUT2D eigenvalue weighted by Crippen LogP contribution is 2.30. The molecule has 30 heavy (non-hydrogen) atoms. The lowest BCUT2D eigenvalue weighted by Gasteiger charge is -2.07. The number of ether oxygens (including phenoxy) is 2. The van der Waals surface area contributed by atoms with Crippen LogP contribution in [0.4, 0.5) is 0 Å². The van der Waals surface area contributed by atoms with Crippen molar-refractivity contribution in [3.8, 4) is 28.6 Å². The molecule has 0 atom stereocenters. The Hall–Kier alpha value is -4.33. The van der Waals surface area contributed by atoms with Crippen LogP contribution in [0.3, 0.4) is 0 Å². The number of aromatic amines is 1. The zero-order chi connectivity index (χ0) is 20.9. The molecule has 0 radical (unpaired) electrons.